The third-order valence-electron chi connectivity index (χ3n) is 1.33. The number of hydrogen-bond acceptors (Lipinski definition) is 4. The fourth-order valence-electron chi connectivity index (χ4n) is 0.773. The number of carbonyl (C=O) groups excluding carboxylic acids is 2. The van der Waals surface area contributed by atoms with Gasteiger partial charge in [0.1, 0.15) is 0 Å². The number of carbonyl (C=O) groups is 2. The van der Waals surface area contributed by atoms with E-state index in [1.54, 1.807) is 14.1 Å². The summed E-state index contributed by atoms with van der Waals surface area (Å²) in [6.07, 6.45) is 0. The van der Waals surface area contributed by atoms with E-state index in [1.807, 2.05) is 0 Å². The van der Waals surface area contributed by atoms with Crippen molar-refractivity contribution in [3.8, 4) is 0 Å². The predicted octanol–water partition coefficient (Wildman–Crippen LogP) is -3.87. The lowest BCUT2D eigenvalue weighted by Gasteiger charge is -2.05. The summed E-state index contributed by atoms with van der Waals surface area (Å²) in [5.74, 6) is -2.81. The van der Waals surface area contributed by atoms with Gasteiger partial charge in [-0.05, 0) is 17.2 Å². The van der Waals surface area contributed by atoms with Crippen molar-refractivity contribution in [3.05, 3.63) is 35.4 Å². The van der Waals surface area contributed by atoms with Crippen molar-refractivity contribution in [2.24, 2.45) is 0 Å². The van der Waals surface area contributed by atoms with Crippen LogP contribution >= 0.6 is 0 Å². The molecule has 0 radical (unpaired) electrons. The first-order valence-electron chi connectivity index (χ1n) is 4.55. The van der Waals surface area contributed by atoms with Crippen LogP contribution in [0.4, 0.5) is 0 Å². The summed E-state index contributed by atoms with van der Waals surface area (Å²) >= 11 is 0. The van der Waals surface area contributed by atoms with E-state index in [1.165, 1.54) is 18.2 Å². The SMILES string of the molecule is C[NH3+].C[NH3+].O=C([O-])c1cccc(C(=O)[O-])c1. The van der Waals surface area contributed by atoms with Gasteiger partial charge in [-0.2, -0.15) is 0 Å². The van der Waals surface area contributed by atoms with Gasteiger partial charge in [0, 0.05) is 0 Å². The molecule has 0 saturated heterocycles. The highest BCUT2D eigenvalue weighted by Crippen LogP contribution is 2.02. The van der Waals surface area contributed by atoms with E-state index in [9.17, 15) is 19.8 Å². The number of benzene rings is 1. The van der Waals surface area contributed by atoms with Gasteiger partial charge in [-0.15, -0.1) is 0 Å². The van der Waals surface area contributed by atoms with Crippen LogP contribution in [0.15, 0.2) is 24.3 Å². The molecular weight excluding hydrogens is 212 g/mol. The summed E-state index contributed by atoms with van der Waals surface area (Å²) in [6, 6.07) is 4.81. The van der Waals surface area contributed by atoms with Gasteiger partial charge < -0.3 is 31.3 Å². The Kier molecular flexibility index (Phi) is 9.93. The van der Waals surface area contributed by atoms with Crippen LogP contribution in [0.3, 0.4) is 0 Å². The first-order valence-corrected chi connectivity index (χ1v) is 4.55. The molecule has 1 aromatic carbocycles. The molecule has 6 N–H and O–H groups in total. The molecule has 0 heterocycles. The fraction of sp³-hybridized carbons (Fsp3) is 0.200. The third kappa shape index (κ3) is 5.74. The van der Waals surface area contributed by atoms with Crippen LogP contribution in [0.2, 0.25) is 0 Å². The highest BCUT2D eigenvalue weighted by Gasteiger charge is 1.96. The molecule has 0 amide bonds. The first kappa shape index (κ1) is 16.5. The van der Waals surface area contributed by atoms with Crippen molar-refractivity contribution in [1.29, 1.82) is 0 Å². The summed E-state index contributed by atoms with van der Waals surface area (Å²) in [7, 11) is 3.50. The lowest BCUT2D eigenvalue weighted by Crippen LogP contribution is -2.40. The Balaban J connectivity index is 0. The van der Waals surface area contributed by atoms with Crippen molar-refractivity contribution in [2.75, 3.05) is 14.1 Å². The zero-order chi connectivity index (χ0) is 13.1. The first-order chi connectivity index (χ1) is 7.61. The average molecular weight is 228 g/mol. The summed E-state index contributed by atoms with van der Waals surface area (Å²) < 4.78 is 0. The van der Waals surface area contributed by atoms with E-state index in [0.717, 1.165) is 6.07 Å². The molecule has 6 heteroatoms. The van der Waals surface area contributed by atoms with Crippen LogP contribution in [-0.2, 0) is 0 Å². The second-order valence-corrected chi connectivity index (χ2v) is 2.16. The molecule has 90 valence electrons. The van der Waals surface area contributed by atoms with E-state index in [-0.39, 0.29) is 11.1 Å². The number of aromatic carboxylic acids is 2. The van der Waals surface area contributed by atoms with Crippen molar-refractivity contribution in [1.82, 2.24) is 0 Å². The molecule has 1 aromatic rings. The molecule has 0 saturated carbocycles. The maximum Gasteiger partial charge on any atom is 0.0715 e. The predicted molar refractivity (Wildman–Crippen MR) is 52.7 cm³/mol. The van der Waals surface area contributed by atoms with Crippen LogP contribution in [0.5, 0.6) is 0 Å². The summed E-state index contributed by atoms with van der Waals surface area (Å²) in [4.78, 5) is 20.5. The highest BCUT2D eigenvalue weighted by molar-refractivity contribution is 5.91. The minimum Gasteiger partial charge on any atom is -0.545 e. The maximum absolute atomic E-state index is 10.3. The zero-order valence-corrected chi connectivity index (χ0v) is 9.36. The van der Waals surface area contributed by atoms with Crippen LogP contribution in [0.25, 0.3) is 0 Å². The fourth-order valence-corrected chi connectivity index (χ4v) is 0.773. The minimum absolute atomic E-state index is 0.170. The van der Waals surface area contributed by atoms with E-state index in [4.69, 9.17) is 0 Å². The second-order valence-electron chi connectivity index (χ2n) is 2.16. The Morgan fingerprint density at radius 3 is 1.50 bits per heavy atom. The molecule has 0 unspecified atom stereocenters. The van der Waals surface area contributed by atoms with Crippen molar-refractivity contribution >= 4 is 11.9 Å². The molecule has 0 spiro atoms. The molecule has 0 aliphatic carbocycles. The largest absolute Gasteiger partial charge is 0.545 e. The van der Waals surface area contributed by atoms with Crippen LogP contribution in [-0.4, -0.2) is 26.0 Å². The molecule has 16 heavy (non-hydrogen) atoms. The van der Waals surface area contributed by atoms with Crippen LogP contribution < -0.4 is 21.7 Å². The topological polar surface area (TPSA) is 136 Å². The molecular formula is C10H16N2O4. The lowest BCUT2D eigenvalue weighted by molar-refractivity contribution is -0.325. The number of hydrogen-bond donors (Lipinski definition) is 2. The van der Waals surface area contributed by atoms with Gasteiger partial charge in [0.25, 0.3) is 0 Å². The van der Waals surface area contributed by atoms with Gasteiger partial charge in [-0.3, -0.25) is 0 Å². The number of carboxylic acids is 2. The zero-order valence-electron chi connectivity index (χ0n) is 9.36. The average Bonchev–Trinajstić information content (AvgIpc) is 2.34. The van der Waals surface area contributed by atoms with Gasteiger partial charge in [-0.1, -0.05) is 18.2 Å². The Hall–Kier alpha value is -1.92. The molecule has 0 bridgehead atoms. The highest BCUT2D eigenvalue weighted by atomic mass is 16.4. The third-order valence-corrected chi connectivity index (χ3v) is 1.33. The summed E-state index contributed by atoms with van der Waals surface area (Å²) in [6.45, 7) is 0. The Morgan fingerprint density at radius 2 is 1.25 bits per heavy atom. The number of rotatable bonds is 2. The van der Waals surface area contributed by atoms with Crippen LogP contribution in [0.1, 0.15) is 20.7 Å². The Morgan fingerprint density at radius 1 is 0.938 bits per heavy atom. The van der Waals surface area contributed by atoms with Gasteiger partial charge in [0.2, 0.25) is 0 Å². The summed E-state index contributed by atoms with van der Waals surface area (Å²) in [5.41, 5.74) is 6.16. The number of carboxylic acid groups (broad SMARTS) is 2. The molecule has 0 fully saturated rings. The monoisotopic (exact) mass is 228 g/mol. The lowest BCUT2D eigenvalue weighted by atomic mass is 10.1. The van der Waals surface area contributed by atoms with Crippen LogP contribution in [0, 0.1) is 0 Å². The molecule has 0 aliphatic rings. The van der Waals surface area contributed by atoms with E-state index in [0.29, 0.717) is 0 Å². The van der Waals surface area contributed by atoms with Gasteiger partial charge in [-0.25, -0.2) is 0 Å². The number of quaternary nitrogens is 2. The molecule has 0 aromatic heterocycles. The van der Waals surface area contributed by atoms with E-state index in [2.05, 4.69) is 11.5 Å². The minimum atomic E-state index is -1.40. The van der Waals surface area contributed by atoms with Crippen molar-refractivity contribution in [3.63, 3.8) is 0 Å². The molecule has 0 aliphatic heterocycles. The quantitative estimate of drug-likeness (QED) is 0.535. The molecule has 0 atom stereocenters. The van der Waals surface area contributed by atoms with Crippen molar-refractivity contribution < 1.29 is 31.3 Å². The van der Waals surface area contributed by atoms with E-state index >= 15 is 0 Å². The second kappa shape index (κ2) is 9.63. The molecule has 6 nitrogen and oxygen atoms in total. The Labute approximate surface area is 93.5 Å². The molecule has 1 rings (SSSR count). The maximum atomic E-state index is 10.3. The Bertz CT molecular complexity index is 310. The normalized spacial score (nSPS) is 7.75. The smallest absolute Gasteiger partial charge is 0.0715 e. The van der Waals surface area contributed by atoms with Gasteiger partial charge >= 0.3 is 0 Å². The standard InChI is InChI=1S/C8H6O4.2CH5N/c9-7(10)5-2-1-3-6(4-5)8(11)12;2*1-2/h1-4H,(H,9,10)(H,11,12);2*2H2,1H3. The van der Waals surface area contributed by atoms with E-state index < -0.39 is 11.9 Å². The van der Waals surface area contributed by atoms with Gasteiger partial charge in [0.05, 0.1) is 26.0 Å². The van der Waals surface area contributed by atoms with Gasteiger partial charge in [0.15, 0.2) is 0 Å². The van der Waals surface area contributed by atoms with Crippen molar-refractivity contribution in [2.45, 2.75) is 0 Å². The summed E-state index contributed by atoms with van der Waals surface area (Å²) in [5, 5.41) is 20.5.